The fourth-order valence-corrected chi connectivity index (χ4v) is 2.57. The summed E-state index contributed by atoms with van der Waals surface area (Å²) in [5, 5.41) is 10.2. The molecule has 1 fully saturated rings. The Balaban J connectivity index is 1.93. The molecule has 0 spiro atoms. The molecule has 1 atom stereocenters. The van der Waals surface area contributed by atoms with Gasteiger partial charge in [-0.25, -0.2) is 9.97 Å². The number of likely N-dealkylation sites (tertiary alicyclic amines) is 1. The van der Waals surface area contributed by atoms with Crippen LogP contribution in [0.15, 0.2) is 30.7 Å². The van der Waals surface area contributed by atoms with Gasteiger partial charge in [-0.3, -0.25) is 4.79 Å². The zero-order valence-corrected chi connectivity index (χ0v) is 10.5. The topological polar surface area (TPSA) is 66.3 Å². The summed E-state index contributed by atoms with van der Waals surface area (Å²) in [4.78, 5) is 22.3. The Bertz CT molecular complexity index is 614. The van der Waals surface area contributed by atoms with E-state index in [1.165, 1.54) is 6.33 Å². The van der Waals surface area contributed by atoms with E-state index < -0.39 is 0 Å². The highest BCUT2D eigenvalue weighted by Crippen LogP contribution is 2.21. The zero-order valence-electron chi connectivity index (χ0n) is 10.5. The summed E-state index contributed by atoms with van der Waals surface area (Å²) in [5.41, 5.74) is 1.38. The van der Waals surface area contributed by atoms with E-state index in [-0.39, 0.29) is 18.6 Å². The Hall–Kier alpha value is -2.01. The van der Waals surface area contributed by atoms with Crippen molar-refractivity contribution in [3.05, 3.63) is 36.3 Å². The lowest BCUT2D eigenvalue weighted by molar-refractivity contribution is 0.0678. The van der Waals surface area contributed by atoms with E-state index in [0.717, 1.165) is 23.7 Å². The summed E-state index contributed by atoms with van der Waals surface area (Å²) in [7, 11) is 0. The average molecular weight is 257 g/mol. The quantitative estimate of drug-likeness (QED) is 0.878. The molecule has 2 aromatic rings. The molecular formula is C14H15N3O2. The maximum atomic E-state index is 12.4. The van der Waals surface area contributed by atoms with Gasteiger partial charge in [0, 0.05) is 23.7 Å². The van der Waals surface area contributed by atoms with Crippen LogP contribution in [0.3, 0.4) is 0 Å². The monoisotopic (exact) mass is 257 g/mol. The highest BCUT2D eigenvalue weighted by molar-refractivity contribution is 5.97. The minimum absolute atomic E-state index is 0.0293. The maximum Gasteiger partial charge on any atom is 0.254 e. The summed E-state index contributed by atoms with van der Waals surface area (Å²) < 4.78 is 0. The third-order valence-electron chi connectivity index (χ3n) is 3.60. The Labute approximate surface area is 110 Å². The van der Waals surface area contributed by atoms with E-state index in [9.17, 15) is 9.90 Å². The van der Waals surface area contributed by atoms with Gasteiger partial charge in [0.25, 0.3) is 5.91 Å². The van der Waals surface area contributed by atoms with E-state index in [4.69, 9.17) is 0 Å². The second kappa shape index (κ2) is 4.93. The molecule has 1 N–H and O–H groups in total. The molecule has 19 heavy (non-hydrogen) atoms. The van der Waals surface area contributed by atoms with E-state index in [1.54, 1.807) is 23.2 Å². The van der Waals surface area contributed by atoms with Crippen LogP contribution in [0, 0.1) is 0 Å². The number of aliphatic hydroxyl groups excluding tert-OH is 1. The molecule has 1 saturated heterocycles. The summed E-state index contributed by atoms with van der Waals surface area (Å²) in [6, 6.07) is 5.38. The van der Waals surface area contributed by atoms with Crippen LogP contribution in [-0.2, 0) is 0 Å². The van der Waals surface area contributed by atoms with Crippen molar-refractivity contribution in [3.8, 4) is 0 Å². The molecule has 1 aromatic carbocycles. The van der Waals surface area contributed by atoms with E-state index in [1.807, 2.05) is 6.07 Å². The number of nitrogens with zero attached hydrogens (tertiary/aromatic N) is 3. The number of hydrogen-bond acceptors (Lipinski definition) is 4. The number of aliphatic hydroxyl groups is 1. The van der Waals surface area contributed by atoms with Crippen LogP contribution in [0.5, 0.6) is 0 Å². The van der Waals surface area contributed by atoms with Gasteiger partial charge in [-0.05, 0) is 25.0 Å². The number of benzene rings is 1. The second-order valence-corrected chi connectivity index (χ2v) is 4.77. The van der Waals surface area contributed by atoms with Crippen molar-refractivity contribution in [1.29, 1.82) is 0 Å². The molecule has 5 heteroatoms. The lowest BCUT2D eigenvalue weighted by Gasteiger charge is -2.23. The van der Waals surface area contributed by atoms with Crippen molar-refractivity contribution in [2.75, 3.05) is 13.2 Å². The minimum atomic E-state index is -0.0476. The Kier molecular flexibility index (Phi) is 3.13. The van der Waals surface area contributed by atoms with Gasteiger partial charge in [0.05, 0.1) is 18.2 Å². The van der Waals surface area contributed by atoms with Gasteiger partial charge in [-0.15, -0.1) is 0 Å². The van der Waals surface area contributed by atoms with E-state index in [2.05, 4.69) is 9.97 Å². The number of aromatic nitrogens is 2. The molecule has 2 heterocycles. The first-order valence-electron chi connectivity index (χ1n) is 6.41. The van der Waals surface area contributed by atoms with Crippen LogP contribution in [-0.4, -0.2) is 45.1 Å². The predicted molar refractivity (Wildman–Crippen MR) is 70.7 cm³/mol. The van der Waals surface area contributed by atoms with Gasteiger partial charge in [-0.1, -0.05) is 6.07 Å². The molecule has 1 aliphatic rings. The van der Waals surface area contributed by atoms with Gasteiger partial charge in [0.1, 0.15) is 6.33 Å². The normalized spacial score (nSPS) is 19.0. The molecule has 0 bridgehead atoms. The van der Waals surface area contributed by atoms with Crippen LogP contribution in [0.4, 0.5) is 0 Å². The molecule has 1 aliphatic heterocycles. The molecule has 0 radical (unpaired) electrons. The highest BCUT2D eigenvalue weighted by Gasteiger charge is 2.28. The van der Waals surface area contributed by atoms with Gasteiger partial charge >= 0.3 is 0 Å². The largest absolute Gasteiger partial charge is 0.394 e. The standard InChI is InChI=1S/C14H15N3O2/c18-8-12-2-1-5-17(12)14(19)10-3-4-11-7-15-9-16-13(11)6-10/h3-4,6-7,9,12,18H,1-2,5,8H2. The molecule has 1 aromatic heterocycles. The summed E-state index contributed by atoms with van der Waals surface area (Å²) in [6.45, 7) is 0.743. The number of carbonyl (C=O) groups is 1. The predicted octanol–water partition coefficient (Wildman–Crippen LogP) is 1.23. The SMILES string of the molecule is O=C(c1ccc2cncnc2c1)N1CCCC1CO. The Morgan fingerprint density at radius 2 is 2.37 bits per heavy atom. The summed E-state index contributed by atoms with van der Waals surface area (Å²) >= 11 is 0. The first-order valence-corrected chi connectivity index (χ1v) is 6.41. The first-order chi connectivity index (χ1) is 9.29. The van der Waals surface area contributed by atoms with Crippen LogP contribution in [0.1, 0.15) is 23.2 Å². The van der Waals surface area contributed by atoms with Crippen molar-refractivity contribution < 1.29 is 9.90 Å². The molecule has 3 rings (SSSR count). The smallest absolute Gasteiger partial charge is 0.254 e. The minimum Gasteiger partial charge on any atom is -0.394 e. The van der Waals surface area contributed by atoms with Crippen LogP contribution in [0.2, 0.25) is 0 Å². The van der Waals surface area contributed by atoms with Crippen molar-refractivity contribution in [3.63, 3.8) is 0 Å². The van der Waals surface area contributed by atoms with E-state index in [0.29, 0.717) is 12.1 Å². The number of amides is 1. The third-order valence-corrected chi connectivity index (χ3v) is 3.60. The fraction of sp³-hybridized carbons (Fsp3) is 0.357. The van der Waals surface area contributed by atoms with Crippen LogP contribution < -0.4 is 0 Å². The van der Waals surface area contributed by atoms with Gasteiger partial charge < -0.3 is 10.0 Å². The first kappa shape index (κ1) is 12.0. The average Bonchev–Trinajstić information content (AvgIpc) is 2.94. The Morgan fingerprint density at radius 3 is 3.21 bits per heavy atom. The second-order valence-electron chi connectivity index (χ2n) is 4.77. The number of rotatable bonds is 2. The third kappa shape index (κ3) is 2.17. The lowest BCUT2D eigenvalue weighted by Crippen LogP contribution is -2.37. The lowest BCUT2D eigenvalue weighted by atomic mass is 10.1. The molecule has 5 nitrogen and oxygen atoms in total. The number of carbonyl (C=O) groups excluding carboxylic acids is 1. The molecule has 0 aliphatic carbocycles. The zero-order chi connectivity index (χ0) is 13.2. The molecular weight excluding hydrogens is 242 g/mol. The van der Waals surface area contributed by atoms with Crippen LogP contribution in [0.25, 0.3) is 10.9 Å². The van der Waals surface area contributed by atoms with Crippen molar-refractivity contribution in [2.45, 2.75) is 18.9 Å². The fourth-order valence-electron chi connectivity index (χ4n) is 2.57. The number of fused-ring (bicyclic) bond motifs is 1. The molecule has 98 valence electrons. The van der Waals surface area contributed by atoms with Crippen molar-refractivity contribution in [1.82, 2.24) is 14.9 Å². The summed E-state index contributed by atoms with van der Waals surface area (Å²) in [5.74, 6) is -0.0305. The van der Waals surface area contributed by atoms with E-state index >= 15 is 0 Å². The Morgan fingerprint density at radius 1 is 1.47 bits per heavy atom. The molecule has 1 unspecified atom stereocenters. The maximum absolute atomic E-state index is 12.4. The van der Waals surface area contributed by atoms with Crippen LogP contribution >= 0.6 is 0 Å². The highest BCUT2D eigenvalue weighted by atomic mass is 16.3. The number of hydrogen-bond donors (Lipinski definition) is 1. The van der Waals surface area contributed by atoms with Gasteiger partial charge in [-0.2, -0.15) is 0 Å². The molecule has 1 amide bonds. The summed E-state index contributed by atoms with van der Waals surface area (Å²) in [6.07, 6.45) is 5.02. The van der Waals surface area contributed by atoms with Crippen molar-refractivity contribution in [2.24, 2.45) is 0 Å². The molecule has 0 saturated carbocycles. The van der Waals surface area contributed by atoms with Gasteiger partial charge in [0.15, 0.2) is 0 Å². The van der Waals surface area contributed by atoms with Gasteiger partial charge in [0.2, 0.25) is 0 Å². The van der Waals surface area contributed by atoms with Crippen molar-refractivity contribution >= 4 is 16.8 Å².